The lowest BCUT2D eigenvalue weighted by Crippen LogP contribution is -2.25. The first-order valence-electron chi connectivity index (χ1n) is 9.10. The highest BCUT2D eigenvalue weighted by Crippen LogP contribution is 2.21. The third kappa shape index (κ3) is 4.09. The molecule has 7 nitrogen and oxygen atoms in total. The maximum Gasteiger partial charge on any atom is 0.280 e. The lowest BCUT2D eigenvalue weighted by molar-refractivity contribution is -0.113. The van der Waals surface area contributed by atoms with Gasteiger partial charge in [0.15, 0.2) is 10.7 Å². The summed E-state index contributed by atoms with van der Waals surface area (Å²) < 4.78 is 16.5. The van der Waals surface area contributed by atoms with Crippen LogP contribution < -0.4 is 10.9 Å². The number of anilines is 1. The van der Waals surface area contributed by atoms with Gasteiger partial charge < -0.3 is 5.32 Å². The van der Waals surface area contributed by atoms with Gasteiger partial charge in [-0.05, 0) is 38.5 Å². The number of fused-ring (bicyclic) bond motifs is 1. The number of aromatic nitrogens is 4. The molecule has 1 amide bonds. The number of aryl methyl sites for hydroxylation is 2. The summed E-state index contributed by atoms with van der Waals surface area (Å²) >= 11 is 1.18. The fourth-order valence-corrected chi connectivity index (χ4v) is 3.76. The summed E-state index contributed by atoms with van der Waals surface area (Å²) in [6, 6.07) is 5.71. The quantitative estimate of drug-likeness (QED) is 0.484. The van der Waals surface area contributed by atoms with Crippen LogP contribution in [0.1, 0.15) is 26.0 Å². The van der Waals surface area contributed by atoms with Crippen LogP contribution in [-0.4, -0.2) is 31.0 Å². The zero-order valence-electron chi connectivity index (χ0n) is 16.0. The molecule has 0 fully saturated rings. The van der Waals surface area contributed by atoms with Gasteiger partial charge in [-0.3, -0.25) is 18.8 Å². The van der Waals surface area contributed by atoms with Crippen LogP contribution in [0.4, 0.5) is 10.1 Å². The van der Waals surface area contributed by atoms with Gasteiger partial charge in [-0.15, -0.1) is 0 Å². The first kappa shape index (κ1) is 20.1. The second-order valence-electron chi connectivity index (χ2n) is 6.30. The average Bonchev–Trinajstić information content (AvgIpc) is 2.98. The predicted molar refractivity (Wildman–Crippen MR) is 108 cm³/mol. The molecule has 0 spiro atoms. The van der Waals surface area contributed by atoms with Crippen molar-refractivity contribution >= 4 is 34.4 Å². The van der Waals surface area contributed by atoms with E-state index in [1.165, 1.54) is 30.0 Å². The van der Waals surface area contributed by atoms with E-state index in [-0.39, 0.29) is 17.2 Å². The van der Waals surface area contributed by atoms with Crippen LogP contribution >= 0.6 is 11.8 Å². The van der Waals surface area contributed by atoms with Crippen LogP contribution in [0.3, 0.4) is 0 Å². The van der Waals surface area contributed by atoms with Crippen LogP contribution in [0.5, 0.6) is 0 Å². The molecule has 9 heteroatoms. The second kappa shape index (κ2) is 8.55. The molecule has 0 aliphatic heterocycles. The Morgan fingerprint density at radius 2 is 2.11 bits per heavy atom. The van der Waals surface area contributed by atoms with E-state index in [1.807, 2.05) is 20.8 Å². The average molecular weight is 403 g/mol. The molecule has 0 aliphatic carbocycles. The van der Waals surface area contributed by atoms with Crippen molar-refractivity contribution < 1.29 is 9.18 Å². The fraction of sp³-hybridized carbons (Fsp3) is 0.368. The number of benzene rings is 1. The van der Waals surface area contributed by atoms with Crippen molar-refractivity contribution in [1.82, 2.24) is 19.3 Å². The van der Waals surface area contributed by atoms with E-state index in [9.17, 15) is 14.0 Å². The fourth-order valence-electron chi connectivity index (χ4n) is 2.94. The molecular formula is C19H22FN5O2S. The number of halogens is 1. The molecule has 0 saturated heterocycles. The Hall–Kier alpha value is -2.68. The molecule has 0 radical (unpaired) electrons. The highest BCUT2D eigenvalue weighted by atomic mass is 32.2. The largest absolute Gasteiger partial charge is 0.325 e. The Labute approximate surface area is 166 Å². The number of amides is 1. The minimum Gasteiger partial charge on any atom is -0.325 e. The summed E-state index contributed by atoms with van der Waals surface area (Å²) in [5, 5.41) is 7.52. The number of rotatable bonds is 7. The molecule has 0 unspecified atom stereocenters. The minimum absolute atomic E-state index is 0.0547. The topological polar surface area (TPSA) is 81.8 Å². The zero-order valence-corrected chi connectivity index (χ0v) is 16.8. The summed E-state index contributed by atoms with van der Waals surface area (Å²) in [6.07, 6.45) is 0.759. The van der Waals surface area contributed by atoms with Crippen molar-refractivity contribution in [2.24, 2.45) is 0 Å². The number of thioether (sulfide) groups is 1. The highest BCUT2D eigenvalue weighted by molar-refractivity contribution is 7.99. The minimum atomic E-state index is -0.419. The summed E-state index contributed by atoms with van der Waals surface area (Å²) in [4.78, 5) is 29.9. The lowest BCUT2D eigenvalue weighted by atomic mass is 10.3. The molecule has 1 N–H and O–H groups in total. The normalized spacial score (nSPS) is 11.1. The third-order valence-corrected chi connectivity index (χ3v) is 5.15. The van der Waals surface area contributed by atoms with Gasteiger partial charge in [0.2, 0.25) is 5.91 Å². The van der Waals surface area contributed by atoms with E-state index >= 15 is 0 Å². The molecule has 0 aliphatic rings. The maximum absolute atomic E-state index is 13.3. The van der Waals surface area contributed by atoms with Gasteiger partial charge in [-0.2, -0.15) is 5.10 Å². The molecule has 3 rings (SSSR count). The molecule has 0 atom stereocenters. The van der Waals surface area contributed by atoms with Crippen molar-refractivity contribution in [3.63, 3.8) is 0 Å². The second-order valence-corrected chi connectivity index (χ2v) is 7.24. The summed E-state index contributed by atoms with van der Waals surface area (Å²) in [5.74, 6) is -0.661. The lowest BCUT2D eigenvalue weighted by Gasteiger charge is -2.12. The van der Waals surface area contributed by atoms with Crippen molar-refractivity contribution in [2.75, 3.05) is 11.1 Å². The van der Waals surface area contributed by atoms with E-state index < -0.39 is 5.82 Å². The maximum atomic E-state index is 13.3. The van der Waals surface area contributed by atoms with E-state index in [0.717, 1.165) is 6.42 Å². The highest BCUT2D eigenvalue weighted by Gasteiger charge is 2.18. The number of hydrogen-bond acceptors (Lipinski definition) is 5. The van der Waals surface area contributed by atoms with E-state index in [2.05, 4.69) is 15.4 Å². The van der Waals surface area contributed by atoms with Gasteiger partial charge in [0.05, 0.1) is 11.4 Å². The van der Waals surface area contributed by atoms with Gasteiger partial charge in [0, 0.05) is 18.8 Å². The predicted octanol–water partition coefficient (Wildman–Crippen LogP) is 3.20. The Kier molecular flexibility index (Phi) is 6.13. The Bertz CT molecular complexity index is 1080. The Morgan fingerprint density at radius 3 is 2.79 bits per heavy atom. The van der Waals surface area contributed by atoms with E-state index in [0.29, 0.717) is 40.7 Å². The van der Waals surface area contributed by atoms with Crippen LogP contribution in [0.25, 0.3) is 11.0 Å². The Balaban J connectivity index is 1.87. The number of carbonyl (C=O) groups excluding carboxylic acids is 1. The van der Waals surface area contributed by atoms with Gasteiger partial charge in [-0.1, -0.05) is 24.8 Å². The zero-order chi connectivity index (χ0) is 20.3. The van der Waals surface area contributed by atoms with Gasteiger partial charge in [0.1, 0.15) is 11.3 Å². The molecule has 1 aromatic carbocycles. The summed E-state index contributed by atoms with van der Waals surface area (Å²) in [7, 11) is 0. The summed E-state index contributed by atoms with van der Waals surface area (Å²) in [5.41, 5.74) is 1.97. The molecule has 0 saturated carbocycles. The number of carbonyl (C=O) groups is 1. The standard InChI is InChI=1S/C19H22FN5O2S/c1-4-9-24-18(27)17-16(12(3)23-25(17)5-2)22-19(24)28-11-15(26)21-14-8-6-7-13(20)10-14/h6-8,10H,4-5,9,11H2,1-3H3,(H,21,26). The SMILES string of the molecule is CCCn1c(SCC(=O)Nc2cccc(F)c2)nc2c(C)nn(CC)c2c1=O. The molecule has 0 bridgehead atoms. The molecule has 3 aromatic rings. The first-order chi connectivity index (χ1) is 13.4. The van der Waals surface area contributed by atoms with Gasteiger partial charge in [-0.25, -0.2) is 9.37 Å². The van der Waals surface area contributed by atoms with Crippen LogP contribution in [0.15, 0.2) is 34.2 Å². The van der Waals surface area contributed by atoms with Crippen molar-refractivity contribution in [1.29, 1.82) is 0 Å². The van der Waals surface area contributed by atoms with E-state index in [1.54, 1.807) is 15.3 Å². The van der Waals surface area contributed by atoms with Crippen molar-refractivity contribution in [3.05, 3.63) is 46.1 Å². The van der Waals surface area contributed by atoms with Crippen molar-refractivity contribution in [3.8, 4) is 0 Å². The Morgan fingerprint density at radius 1 is 1.32 bits per heavy atom. The van der Waals surface area contributed by atoms with Crippen LogP contribution in [0.2, 0.25) is 0 Å². The molecular weight excluding hydrogens is 381 g/mol. The van der Waals surface area contributed by atoms with Crippen LogP contribution in [0, 0.1) is 12.7 Å². The smallest absolute Gasteiger partial charge is 0.280 e. The first-order valence-corrected chi connectivity index (χ1v) is 10.1. The van der Waals surface area contributed by atoms with Gasteiger partial charge >= 0.3 is 0 Å². The number of hydrogen-bond donors (Lipinski definition) is 1. The van der Waals surface area contributed by atoms with Crippen LogP contribution in [-0.2, 0) is 17.9 Å². The summed E-state index contributed by atoms with van der Waals surface area (Å²) in [6.45, 7) is 6.80. The van der Waals surface area contributed by atoms with Gasteiger partial charge in [0.25, 0.3) is 5.56 Å². The van der Waals surface area contributed by atoms with E-state index in [4.69, 9.17) is 0 Å². The molecule has 2 aromatic heterocycles. The number of nitrogens with one attached hydrogen (secondary N) is 1. The molecule has 2 heterocycles. The molecule has 148 valence electrons. The molecule has 28 heavy (non-hydrogen) atoms. The third-order valence-electron chi connectivity index (χ3n) is 4.17. The number of nitrogens with zero attached hydrogens (tertiary/aromatic N) is 4. The van der Waals surface area contributed by atoms with Crippen molar-refractivity contribution in [2.45, 2.75) is 45.4 Å². The monoisotopic (exact) mass is 403 g/mol.